The lowest BCUT2D eigenvalue weighted by molar-refractivity contribution is -0.132. The third-order valence-electron chi connectivity index (χ3n) is 4.64. The van der Waals surface area contributed by atoms with E-state index >= 15 is 0 Å². The summed E-state index contributed by atoms with van der Waals surface area (Å²) in [5.41, 5.74) is 4.10. The van der Waals surface area contributed by atoms with Gasteiger partial charge in [-0.25, -0.2) is 0 Å². The van der Waals surface area contributed by atoms with Gasteiger partial charge in [0.15, 0.2) is 0 Å². The number of esters is 2. The van der Waals surface area contributed by atoms with Crippen LogP contribution >= 0.6 is 0 Å². The van der Waals surface area contributed by atoms with Crippen LogP contribution in [0.2, 0.25) is 0 Å². The number of ether oxygens (including phenoxy) is 2. The molecule has 0 aliphatic heterocycles. The van der Waals surface area contributed by atoms with Crippen molar-refractivity contribution < 1.29 is 19.1 Å². The molecule has 3 rings (SSSR count). The fraction of sp³-hybridized carbons (Fsp3) is 0.154. The summed E-state index contributed by atoms with van der Waals surface area (Å²) in [6, 6.07) is 25.1. The summed E-state index contributed by atoms with van der Waals surface area (Å²) in [5.74, 6) is 0.0995. The first kappa shape index (κ1) is 21.1. The van der Waals surface area contributed by atoms with Crippen LogP contribution in [0.15, 0.2) is 84.9 Å². The smallest absolute Gasteiger partial charge is 0.308 e. The van der Waals surface area contributed by atoms with Crippen molar-refractivity contribution in [1.29, 1.82) is 0 Å². The molecule has 3 aromatic rings. The Labute approximate surface area is 176 Å². The standard InChI is InChI=1S/C26H24O4/c1-4-25(20-10-6-5-7-11-20)26(21-12-8-14-23(16-21)29-18(2)27)22-13-9-15-24(17-22)30-19(3)28/h4-17,26H,1-3H3. The van der Waals surface area contributed by atoms with Gasteiger partial charge in [-0.1, -0.05) is 60.7 Å². The van der Waals surface area contributed by atoms with Gasteiger partial charge in [-0.05, 0) is 53.5 Å². The first-order valence-corrected chi connectivity index (χ1v) is 9.76. The van der Waals surface area contributed by atoms with Crippen molar-refractivity contribution in [2.45, 2.75) is 26.7 Å². The molecule has 4 nitrogen and oxygen atoms in total. The highest BCUT2D eigenvalue weighted by molar-refractivity contribution is 5.76. The van der Waals surface area contributed by atoms with Crippen LogP contribution in [0.25, 0.3) is 5.57 Å². The van der Waals surface area contributed by atoms with E-state index in [1.54, 1.807) is 12.1 Å². The zero-order valence-corrected chi connectivity index (χ0v) is 17.3. The normalized spacial score (nSPS) is 11.3. The van der Waals surface area contributed by atoms with E-state index in [2.05, 4.69) is 18.2 Å². The van der Waals surface area contributed by atoms with Gasteiger partial charge in [0.05, 0.1) is 0 Å². The van der Waals surface area contributed by atoms with E-state index < -0.39 is 0 Å². The molecule has 0 aromatic heterocycles. The molecule has 30 heavy (non-hydrogen) atoms. The molecule has 0 fully saturated rings. The van der Waals surface area contributed by atoms with Crippen molar-refractivity contribution in [3.05, 3.63) is 102 Å². The molecule has 4 heteroatoms. The lowest BCUT2D eigenvalue weighted by atomic mass is 9.81. The third kappa shape index (κ3) is 5.23. The Hall–Kier alpha value is -3.66. The van der Waals surface area contributed by atoms with Crippen molar-refractivity contribution in [1.82, 2.24) is 0 Å². The molecule has 0 amide bonds. The van der Waals surface area contributed by atoms with Gasteiger partial charge in [-0.2, -0.15) is 0 Å². The summed E-state index contributed by atoms with van der Waals surface area (Å²) in [4.78, 5) is 22.9. The second kappa shape index (κ2) is 9.70. The molecule has 0 bridgehead atoms. The number of carbonyl (C=O) groups is 2. The summed E-state index contributed by atoms with van der Waals surface area (Å²) < 4.78 is 10.6. The predicted molar refractivity (Wildman–Crippen MR) is 117 cm³/mol. The zero-order valence-electron chi connectivity index (χ0n) is 17.3. The Morgan fingerprint density at radius 1 is 0.733 bits per heavy atom. The van der Waals surface area contributed by atoms with Gasteiger partial charge in [-0.15, -0.1) is 0 Å². The van der Waals surface area contributed by atoms with Gasteiger partial charge in [0, 0.05) is 19.8 Å². The third-order valence-corrected chi connectivity index (χ3v) is 4.64. The molecular weight excluding hydrogens is 376 g/mol. The Morgan fingerprint density at radius 3 is 1.67 bits per heavy atom. The zero-order chi connectivity index (χ0) is 21.5. The van der Waals surface area contributed by atoms with E-state index in [9.17, 15) is 9.59 Å². The molecule has 3 aromatic carbocycles. The molecule has 152 valence electrons. The van der Waals surface area contributed by atoms with Crippen molar-refractivity contribution in [3.63, 3.8) is 0 Å². The van der Waals surface area contributed by atoms with Crippen molar-refractivity contribution >= 4 is 17.5 Å². The van der Waals surface area contributed by atoms with Crippen LogP contribution in [-0.2, 0) is 9.59 Å². The molecule has 0 atom stereocenters. The second-order valence-electron chi connectivity index (χ2n) is 6.88. The van der Waals surface area contributed by atoms with E-state index in [0.717, 1.165) is 22.3 Å². The van der Waals surface area contributed by atoms with Crippen LogP contribution in [0.3, 0.4) is 0 Å². The van der Waals surface area contributed by atoms with Crippen LogP contribution in [-0.4, -0.2) is 11.9 Å². The maximum absolute atomic E-state index is 11.4. The minimum Gasteiger partial charge on any atom is -0.427 e. The van der Waals surface area contributed by atoms with Crippen molar-refractivity contribution in [2.75, 3.05) is 0 Å². The number of carbonyl (C=O) groups excluding carboxylic acids is 2. The first-order valence-electron chi connectivity index (χ1n) is 9.76. The fourth-order valence-corrected chi connectivity index (χ4v) is 3.53. The molecule has 0 radical (unpaired) electrons. The molecule has 0 saturated carbocycles. The summed E-state index contributed by atoms with van der Waals surface area (Å²) >= 11 is 0. The van der Waals surface area contributed by atoms with Crippen LogP contribution in [0.4, 0.5) is 0 Å². The van der Waals surface area contributed by atoms with E-state index in [1.807, 2.05) is 61.5 Å². The van der Waals surface area contributed by atoms with Gasteiger partial charge >= 0.3 is 11.9 Å². The Morgan fingerprint density at radius 2 is 1.23 bits per heavy atom. The summed E-state index contributed by atoms with van der Waals surface area (Å²) in [5, 5.41) is 0. The SMILES string of the molecule is CC=C(c1ccccc1)C(c1cccc(OC(C)=O)c1)c1cccc(OC(C)=O)c1. The number of hydrogen-bond acceptors (Lipinski definition) is 4. The summed E-state index contributed by atoms with van der Waals surface area (Å²) in [7, 11) is 0. The van der Waals surface area contributed by atoms with Gasteiger partial charge in [0.1, 0.15) is 11.5 Å². The maximum atomic E-state index is 11.4. The number of allylic oxidation sites excluding steroid dienone is 2. The monoisotopic (exact) mass is 400 g/mol. The number of benzene rings is 3. The molecule has 0 aliphatic rings. The Balaban J connectivity index is 2.15. The average Bonchev–Trinajstić information content (AvgIpc) is 2.72. The molecule has 0 aliphatic carbocycles. The average molecular weight is 400 g/mol. The molecule has 0 saturated heterocycles. The van der Waals surface area contributed by atoms with Crippen molar-refractivity contribution in [2.24, 2.45) is 0 Å². The van der Waals surface area contributed by atoms with Crippen LogP contribution < -0.4 is 9.47 Å². The maximum Gasteiger partial charge on any atom is 0.308 e. The predicted octanol–water partition coefficient (Wildman–Crippen LogP) is 5.77. The first-order chi connectivity index (χ1) is 14.5. The van der Waals surface area contributed by atoms with E-state index in [0.29, 0.717) is 11.5 Å². The van der Waals surface area contributed by atoms with E-state index in [-0.39, 0.29) is 17.9 Å². The molecule has 0 unspecified atom stereocenters. The van der Waals surface area contributed by atoms with E-state index in [4.69, 9.17) is 9.47 Å². The number of hydrogen-bond donors (Lipinski definition) is 0. The van der Waals surface area contributed by atoms with Gasteiger partial charge < -0.3 is 9.47 Å². The Kier molecular flexibility index (Phi) is 6.81. The highest BCUT2D eigenvalue weighted by Crippen LogP contribution is 2.39. The summed E-state index contributed by atoms with van der Waals surface area (Å²) in [6.07, 6.45) is 2.08. The molecule has 0 N–H and O–H groups in total. The Bertz CT molecular complexity index is 1010. The quantitative estimate of drug-likeness (QED) is 0.389. The van der Waals surface area contributed by atoms with Crippen LogP contribution in [0.5, 0.6) is 11.5 Å². The van der Waals surface area contributed by atoms with Crippen LogP contribution in [0, 0.1) is 0 Å². The highest BCUT2D eigenvalue weighted by atomic mass is 16.5. The summed E-state index contributed by atoms with van der Waals surface area (Å²) in [6.45, 7) is 4.77. The molecule has 0 spiro atoms. The lowest BCUT2D eigenvalue weighted by Crippen LogP contribution is -2.07. The number of rotatable bonds is 6. The topological polar surface area (TPSA) is 52.6 Å². The van der Waals surface area contributed by atoms with Gasteiger partial charge in [0.2, 0.25) is 0 Å². The lowest BCUT2D eigenvalue weighted by Gasteiger charge is -2.23. The fourth-order valence-electron chi connectivity index (χ4n) is 3.53. The molecule has 0 heterocycles. The second-order valence-corrected chi connectivity index (χ2v) is 6.88. The highest BCUT2D eigenvalue weighted by Gasteiger charge is 2.21. The minimum absolute atomic E-state index is 0.150. The van der Waals surface area contributed by atoms with Gasteiger partial charge in [0.25, 0.3) is 0 Å². The minimum atomic E-state index is -0.366. The largest absolute Gasteiger partial charge is 0.427 e. The van der Waals surface area contributed by atoms with Crippen LogP contribution in [0.1, 0.15) is 43.4 Å². The van der Waals surface area contributed by atoms with E-state index in [1.165, 1.54) is 13.8 Å². The van der Waals surface area contributed by atoms with Gasteiger partial charge in [-0.3, -0.25) is 9.59 Å². The molecular formula is C26H24O4. The van der Waals surface area contributed by atoms with Crippen molar-refractivity contribution in [3.8, 4) is 11.5 Å².